The Morgan fingerprint density at radius 3 is 2.94 bits per heavy atom. The molecule has 0 unspecified atom stereocenters. The van der Waals surface area contributed by atoms with Crippen LogP contribution in [0, 0.1) is 5.82 Å². The molecule has 6 heteroatoms. The summed E-state index contributed by atoms with van der Waals surface area (Å²) in [6, 6.07) is 4.01. The molecule has 0 radical (unpaired) electrons. The average Bonchev–Trinajstić information content (AvgIpc) is 2.24. The second kappa shape index (κ2) is 6.34. The lowest BCUT2D eigenvalue weighted by Gasteiger charge is -2.05. The summed E-state index contributed by atoms with van der Waals surface area (Å²) in [5.41, 5.74) is 5.82. The maximum atomic E-state index is 12.8. The van der Waals surface area contributed by atoms with Crippen molar-refractivity contribution in [1.29, 1.82) is 0 Å². The van der Waals surface area contributed by atoms with E-state index in [-0.39, 0.29) is 24.0 Å². The van der Waals surface area contributed by atoms with Gasteiger partial charge in [0.15, 0.2) is 0 Å². The first-order chi connectivity index (χ1) is 7.63. The number of hydrogen-bond acceptors (Lipinski definition) is 4. The van der Waals surface area contributed by atoms with Crippen molar-refractivity contribution >= 4 is 29.0 Å². The molecular weight excluding hydrogens is 231 g/mol. The number of anilines is 2. The van der Waals surface area contributed by atoms with Gasteiger partial charge in [-0.05, 0) is 18.2 Å². The summed E-state index contributed by atoms with van der Waals surface area (Å²) in [6.07, 6.45) is 0. The SMILES string of the molecule is Nc1cc(NC(=O)CSCCO)ccc1F. The summed E-state index contributed by atoms with van der Waals surface area (Å²) < 4.78 is 12.8. The molecule has 1 aromatic rings. The van der Waals surface area contributed by atoms with E-state index in [0.717, 1.165) is 0 Å². The smallest absolute Gasteiger partial charge is 0.234 e. The zero-order valence-electron chi connectivity index (χ0n) is 8.57. The van der Waals surface area contributed by atoms with Gasteiger partial charge in [-0.1, -0.05) is 0 Å². The first kappa shape index (κ1) is 12.8. The van der Waals surface area contributed by atoms with E-state index in [1.165, 1.54) is 30.0 Å². The lowest BCUT2D eigenvalue weighted by Crippen LogP contribution is -2.14. The molecule has 1 aromatic carbocycles. The molecule has 0 atom stereocenters. The normalized spacial score (nSPS) is 10.1. The molecule has 16 heavy (non-hydrogen) atoms. The Kier molecular flexibility index (Phi) is 5.07. The van der Waals surface area contributed by atoms with Crippen molar-refractivity contribution in [3.8, 4) is 0 Å². The quantitative estimate of drug-likeness (QED) is 0.535. The van der Waals surface area contributed by atoms with Crippen LogP contribution in [0.1, 0.15) is 0 Å². The van der Waals surface area contributed by atoms with Gasteiger partial charge >= 0.3 is 0 Å². The Hall–Kier alpha value is -1.27. The van der Waals surface area contributed by atoms with Crippen molar-refractivity contribution < 1.29 is 14.3 Å². The average molecular weight is 244 g/mol. The van der Waals surface area contributed by atoms with E-state index in [0.29, 0.717) is 11.4 Å². The van der Waals surface area contributed by atoms with E-state index in [9.17, 15) is 9.18 Å². The fourth-order valence-electron chi connectivity index (χ4n) is 1.05. The monoisotopic (exact) mass is 244 g/mol. The molecule has 0 aliphatic heterocycles. The second-order valence-corrected chi connectivity index (χ2v) is 4.17. The number of amides is 1. The van der Waals surface area contributed by atoms with E-state index in [1.807, 2.05) is 0 Å². The van der Waals surface area contributed by atoms with Crippen LogP contribution >= 0.6 is 11.8 Å². The van der Waals surface area contributed by atoms with Crippen LogP contribution in [-0.4, -0.2) is 29.1 Å². The lowest BCUT2D eigenvalue weighted by molar-refractivity contribution is -0.113. The van der Waals surface area contributed by atoms with Crippen LogP contribution in [0.25, 0.3) is 0 Å². The highest BCUT2D eigenvalue weighted by atomic mass is 32.2. The number of nitrogen functional groups attached to an aromatic ring is 1. The largest absolute Gasteiger partial charge is 0.396 e. The molecule has 0 aliphatic carbocycles. The summed E-state index contributed by atoms with van der Waals surface area (Å²) in [5, 5.41) is 11.1. The minimum absolute atomic E-state index is 0.000751. The molecule has 4 N–H and O–H groups in total. The highest BCUT2D eigenvalue weighted by Gasteiger charge is 2.04. The third-order valence-electron chi connectivity index (χ3n) is 1.75. The van der Waals surface area contributed by atoms with Crippen LogP contribution in [-0.2, 0) is 4.79 Å². The second-order valence-electron chi connectivity index (χ2n) is 3.06. The Balaban J connectivity index is 2.46. The van der Waals surface area contributed by atoms with Crippen molar-refractivity contribution in [2.24, 2.45) is 0 Å². The molecule has 0 saturated carbocycles. The molecule has 0 saturated heterocycles. The number of nitrogens with two attached hydrogens (primary N) is 1. The van der Waals surface area contributed by atoms with E-state index >= 15 is 0 Å². The van der Waals surface area contributed by atoms with Gasteiger partial charge in [0.25, 0.3) is 0 Å². The molecule has 1 amide bonds. The number of rotatable bonds is 5. The van der Waals surface area contributed by atoms with Crippen LogP contribution in [0.5, 0.6) is 0 Å². The van der Waals surface area contributed by atoms with Crippen molar-refractivity contribution in [3.63, 3.8) is 0 Å². The molecule has 0 aromatic heterocycles. The fraction of sp³-hybridized carbons (Fsp3) is 0.300. The Labute approximate surface area is 97.0 Å². The predicted octanol–water partition coefficient (Wildman–Crippen LogP) is 1.07. The highest BCUT2D eigenvalue weighted by Crippen LogP contribution is 2.16. The number of carbonyl (C=O) groups is 1. The number of aliphatic hydroxyl groups is 1. The van der Waals surface area contributed by atoms with Gasteiger partial charge in [0.2, 0.25) is 5.91 Å². The van der Waals surface area contributed by atoms with E-state index in [1.54, 1.807) is 0 Å². The van der Waals surface area contributed by atoms with Gasteiger partial charge in [-0.25, -0.2) is 4.39 Å². The summed E-state index contributed by atoms with van der Waals surface area (Å²) in [4.78, 5) is 11.3. The molecule has 0 fully saturated rings. The molecule has 0 heterocycles. The zero-order chi connectivity index (χ0) is 12.0. The fourth-order valence-corrected chi connectivity index (χ4v) is 1.58. The number of thioether (sulfide) groups is 1. The van der Waals surface area contributed by atoms with Crippen molar-refractivity contribution in [3.05, 3.63) is 24.0 Å². The van der Waals surface area contributed by atoms with E-state index in [2.05, 4.69) is 5.32 Å². The van der Waals surface area contributed by atoms with Gasteiger partial charge in [0, 0.05) is 11.4 Å². The van der Waals surface area contributed by atoms with Crippen LogP contribution in [0.15, 0.2) is 18.2 Å². The molecular formula is C10H13FN2O2S. The Morgan fingerprint density at radius 2 is 2.31 bits per heavy atom. The zero-order valence-corrected chi connectivity index (χ0v) is 9.39. The Morgan fingerprint density at radius 1 is 1.56 bits per heavy atom. The van der Waals surface area contributed by atoms with Crippen LogP contribution in [0.2, 0.25) is 0 Å². The minimum Gasteiger partial charge on any atom is -0.396 e. The predicted molar refractivity (Wildman–Crippen MR) is 63.9 cm³/mol. The number of carbonyl (C=O) groups excluding carboxylic acids is 1. The summed E-state index contributed by atoms with van der Waals surface area (Å²) in [7, 11) is 0. The molecule has 4 nitrogen and oxygen atoms in total. The maximum Gasteiger partial charge on any atom is 0.234 e. The van der Waals surface area contributed by atoms with Crippen LogP contribution in [0.3, 0.4) is 0 Å². The number of halogens is 1. The number of aliphatic hydroxyl groups excluding tert-OH is 1. The van der Waals surface area contributed by atoms with Gasteiger partial charge in [0.1, 0.15) is 5.82 Å². The van der Waals surface area contributed by atoms with Crippen molar-refractivity contribution in [2.45, 2.75) is 0 Å². The third kappa shape index (κ3) is 4.08. The summed E-state index contributed by atoms with van der Waals surface area (Å²) >= 11 is 1.32. The van der Waals surface area contributed by atoms with E-state index < -0.39 is 5.82 Å². The number of nitrogens with one attached hydrogen (secondary N) is 1. The lowest BCUT2D eigenvalue weighted by atomic mass is 10.2. The van der Waals surface area contributed by atoms with Gasteiger partial charge in [-0.2, -0.15) is 0 Å². The van der Waals surface area contributed by atoms with Crippen molar-refractivity contribution in [2.75, 3.05) is 29.2 Å². The third-order valence-corrected chi connectivity index (χ3v) is 2.69. The Bertz CT molecular complexity index is 374. The standard InChI is InChI=1S/C10H13FN2O2S/c11-8-2-1-7(5-9(8)12)13-10(15)6-16-4-3-14/h1-2,5,14H,3-4,6,12H2,(H,13,15). The van der Waals surface area contributed by atoms with Gasteiger partial charge in [-0.15, -0.1) is 11.8 Å². The summed E-state index contributed by atoms with van der Waals surface area (Å²) in [5.74, 6) is 0.0497. The van der Waals surface area contributed by atoms with Gasteiger partial charge < -0.3 is 16.2 Å². The molecule has 0 bridgehead atoms. The van der Waals surface area contributed by atoms with Crippen molar-refractivity contribution in [1.82, 2.24) is 0 Å². The van der Waals surface area contributed by atoms with Crippen LogP contribution < -0.4 is 11.1 Å². The van der Waals surface area contributed by atoms with Gasteiger partial charge in [0.05, 0.1) is 18.0 Å². The van der Waals surface area contributed by atoms with Gasteiger partial charge in [-0.3, -0.25) is 4.79 Å². The van der Waals surface area contributed by atoms with Crippen LogP contribution in [0.4, 0.5) is 15.8 Å². The highest BCUT2D eigenvalue weighted by molar-refractivity contribution is 7.99. The van der Waals surface area contributed by atoms with E-state index in [4.69, 9.17) is 10.8 Å². The summed E-state index contributed by atoms with van der Waals surface area (Å²) in [6.45, 7) is 0.0431. The number of benzene rings is 1. The first-order valence-corrected chi connectivity index (χ1v) is 5.82. The number of hydrogen-bond donors (Lipinski definition) is 3. The molecule has 0 aliphatic rings. The molecule has 0 spiro atoms. The first-order valence-electron chi connectivity index (χ1n) is 4.67. The topological polar surface area (TPSA) is 75.3 Å². The maximum absolute atomic E-state index is 12.8. The molecule has 1 rings (SSSR count). The minimum atomic E-state index is -0.507. The molecule has 88 valence electrons.